The van der Waals surface area contributed by atoms with E-state index in [2.05, 4.69) is 13.7 Å². The summed E-state index contributed by atoms with van der Waals surface area (Å²) in [5.41, 5.74) is 0.882. The van der Waals surface area contributed by atoms with E-state index in [1.54, 1.807) is 18.2 Å². The van der Waals surface area contributed by atoms with Gasteiger partial charge in [0.25, 0.3) is 5.91 Å². The SMILES string of the molecule is O=C(c1ccc2nsnc2c1)N1CC(Oc2ncccc2C(F)(F)F)C1. The van der Waals surface area contributed by atoms with E-state index in [0.717, 1.165) is 17.8 Å². The molecule has 6 nitrogen and oxygen atoms in total. The number of aromatic nitrogens is 3. The maximum atomic E-state index is 13.0. The van der Waals surface area contributed by atoms with E-state index in [4.69, 9.17) is 4.74 Å². The summed E-state index contributed by atoms with van der Waals surface area (Å²) in [6.45, 7) is 0.389. The van der Waals surface area contributed by atoms with Gasteiger partial charge in [0.15, 0.2) is 0 Å². The van der Waals surface area contributed by atoms with Gasteiger partial charge in [-0.15, -0.1) is 0 Å². The lowest BCUT2D eigenvalue weighted by Crippen LogP contribution is -2.56. The molecule has 2 aromatic heterocycles. The van der Waals surface area contributed by atoms with Crippen molar-refractivity contribution in [2.24, 2.45) is 0 Å². The Labute approximate surface area is 149 Å². The first-order chi connectivity index (χ1) is 12.4. The van der Waals surface area contributed by atoms with Gasteiger partial charge < -0.3 is 9.64 Å². The first-order valence-electron chi connectivity index (χ1n) is 7.62. The monoisotopic (exact) mass is 380 g/mol. The predicted molar refractivity (Wildman–Crippen MR) is 87.0 cm³/mol. The molecule has 0 radical (unpaired) electrons. The minimum atomic E-state index is -4.54. The Bertz CT molecular complexity index is 969. The third-order valence-corrected chi connectivity index (χ3v) is 4.55. The summed E-state index contributed by atoms with van der Waals surface area (Å²) in [4.78, 5) is 17.6. The van der Waals surface area contributed by atoms with Crippen LogP contribution in [0.5, 0.6) is 5.88 Å². The van der Waals surface area contributed by atoms with Gasteiger partial charge in [0.1, 0.15) is 22.7 Å². The van der Waals surface area contributed by atoms with Crippen molar-refractivity contribution < 1.29 is 22.7 Å². The van der Waals surface area contributed by atoms with Gasteiger partial charge in [-0.25, -0.2) is 4.98 Å². The number of benzene rings is 1. The zero-order valence-corrected chi connectivity index (χ0v) is 13.9. The number of pyridine rings is 1. The van der Waals surface area contributed by atoms with E-state index in [-0.39, 0.29) is 19.0 Å². The van der Waals surface area contributed by atoms with Crippen molar-refractivity contribution in [2.75, 3.05) is 13.1 Å². The second-order valence-electron chi connectivity index (χ2n) is 5.77. The zero-order valence-electron chi connectivity index (χ0n) is 13.1. The van der Waals surface area contributed by atoms with Gasteiger partial charge in [-0.05, 0) is 30.3 Å². The Balaban J connectivity index is 1.42. The fraction of sp³-hybridized carbons (Fsp3) is 0.250. The average Bonchev–Trinajstić information content (AvgIpc) is 3.04. The third kappa shape index (κ3) is 3.07. The lowest BCUT2D eigenvalue weighted by Gasteiger charge is -2.39. The number of halogens is 3. The van der Waals surface area contributed by atoms with Gasteiger partial charge in [0, 0.05) is 11.8 Å². The molecule has 1 aliphatic heterocycles. The third-order valence-electron chi connectivity index (χ3n) is 3.99. The first-order valence-corrected chi connectivity index (χ1v) is 8.35. The largest absolute Gasteiger partial charge is 0.470 e. The smallest absolute Gasteiger partial charge is 0.421 e. The Kier molecular flexibility index (Phi) is 3.98. The molecule has 10 heteroatoms. The van der Waals surface area contributed by atoms with Crippen LogP contribution in [0.2, 0.25) is 0 Å². The van der Waals surface area contributed by atoms with Crippen LogP contribution in [-0.4, -0.2) is 43.7 Å². The van der Waals surface area contributed by atoms with Crippen LogP contribution in [0.4, 0.5) is 13.2 Å². The lowest BCUT2D eigenvalue weighted by atomic mass is 10.1. The number of alkyl halides is 3. The Hall–Kier alpha value is -2.75. The Morgan fingerprint density at radius 3 is 2.73 bits per heavy atom. The van der Waals surface area contributed by atoms with Crippen molar-refractivity contribution in [1.29, 1.82) is 0 Å². The van der Waals surface area contributed by atoms with Crippen molar-refractivity contribution in [3.63, 3.8) is 0 Å². The summed E-state index contributed by atoms with van der Waals surface area (Å²) in [6.07, 6.45) is -3.83. The van der Waals surface area contributed by atoms with Crippen LogP contribution in [0, 0.1) is 0 Å². The summed E-state index contributed by atoms with van der Waals surface area (Å²) < 4.78 is 52.4. The van der Waals surface area contributed by atoms with E-state index in [1.807, 2.05) is 0 Å². The highest BCUT2D eigenvalue weighted by molar-refractivity contribution is 7.00. The van der Waals surface area contributed by atoms with E-state index in [1.165, 1.54) is 17.2 Å². The summed E-state index contributed by atoms with van der Waals surface area (Å²) in [7, 11) is 0. The molecule has 0 N–H and O–H groups in total. The molecule has 1 saturated heterocycles. The molecule has 1 amide bonds. The number of carbonyl (C=O) groups is 1. The van der Waals surface area contributed by atoms with Crippen molar-refractivity contribution in [2.45, 2.75) is 12.3 Å². The molecule has 0 aliphatic carbocycles. The highest BCUT2D eigenvalue weighted by Gasteiger charge is 2.38. The van der Waals surface area contributed by atoms with Crippen LogP contribution in [0.3, 0.4) is 0 Å². The summed E-state index contributed by atoms with van der Waals surface area (Å²) in [5.74, 6) is -0.691. The van der Waals surface area contributed by atoms with E-state index in [9.17, 15) is 18.0 Å². The molecule has 3 aromatic rings. The molecule has 134 valence electrons. The van der Waals surface area contributed by atoms with E-state index >= 15 is 0 Å². The van der Waals surface area contributed by atoms with E-state index < -0.39 is 23.7 Å². The maximum absolute atomic E-state index is 13.0. The van der Waals surface area contributed by atoms with Crippen molar-refractivity contribution >= 4 is 28.7 Å². The lowest BCUT2D eigenvalue weighted by molar-refractivity contribution is -0.140. The topological polar surface area (TPSA) is 68.2 Å². The number of hydrogen-bond acceptors (Lipinski definition) is 6. The molecule has 26 heavy (non-hydrogen) atoms. The number of ether oxygens (including phenoxy) is 1. The molecule has 1 aliphatic rings. The van der Waals surface area contributed by atoms with Gasteiger partial charge in [-0.2, -0.15) is 21.9 Å². The Morgan fingerprint density at radius 2 is 1.96 bits per heavy atom. The molecule has 3 heterocycles. The molecule has 0 saturated carbocycles. The molecular formula is C16H11F3N4O2S. The second-order valence-corrected chi connectivity index (χ2v) is 6.30. The number of carbonyl (C=O) groups excluding carboxylic acids is 1. The number of hydrogen-bond donors (Lipinski definition) is 0. The van der Waals surface area contributed by atoms with Crippen LogP contribution in [0.1, 0.15) is 15.9 Å². The van der Waals surface area contributed by atoms with Crippen molar-refractivity contribution in [3.05, 3.63) is 47.7 Å². The quantitative estimate of drug-likeness (QED) is 0.699. The van der Waals surface area contributed by atoms with Crippen LogP contribution in [0.15, 0.2) is 36.5 Å². The van der Waals surface area contributed by atoms with Crippen molar-refractivity contribution in [3.8, 4) is 5.88 Å². The first kappa shape index (κ1) is 16.7. The molecule has 0 spiro atoms. The minimum Gasteiger partial charge on any atom is -0.470 e. The predicted octanol–water partition coefficient (Wildman–Crippen LogP) is 3.01. The molecule has 1 fully saturated rings. The van der Waals surface area contributed by atoms with Gasteiger partial charge in [-0.1, -0.05) is 0 Å². The van der Waals surface area contributed by atoms with Gasteiger partial charge in [0.2, 0.25) is 5.88 Å². The summed E-state index contributed by atoms with van der Waals surface area (Å²) in [6, 6.07) is 7.14. The highest BCUT2D eigenvalue weighted by Crippen LogP contribution is 2.35. The number of amides is 1. The Morgan fingerprint density at radius 1 is 1.19 bits per heavy atom. The number of rotatable bonds is 3. The number of nitrogens with zero attached hydrogens (tertiary/aromatic N) is 4. The van der Waals surface area contributed by atoms with Gasteiger partial charge in [0.05, 0.1) is 24.8 Å². The molecular weight excluding hydrogens is 369 g/mol. The standard InChI is InChI=1S/C16H11F3N4O2S/c17-16(18,19)11-2-1-5-20-14(11)25-10-7-23(8-10)15(24)9-3-4-12-13(6-9)22-26-21-12/h1-6,10H,7-8H2. The molecule has 0 unspecified atom stereocenters. The molecule has 0 atom stereocenters. The molecule has 4 rings (SSSR count). The molecule has 1 aromatic carbocycles. The average molecular weight is 380 g/mol. The normalized spacial score (nSPS) is 15.1. The van der Waals surface area contributed by atoms with Gasteiger partial charge in [-0.3, -0.25) is 4.79 Å². The minimum absolute atomic E-state index is 0.195. The van der Waals surface area contributed by atoms with Gasteiger partial charge >= 0.3 is 6.18 Å². The van der Waals surface area contributed by atoms with Crippen molar-refractivity contribution in [1.82, 2.24) is 18.6 Å². The fourth-order valence-electron chi connectivity index (χ4n) is 2.63. The summed E-state index contributed by atoms with van der Waals surface area (Å²) >= 11 is 1.06. The van der Waals surface area contributed by atoms with Crippen LogP contribution in [-0.2, 0) is 6.18 Å². The van der Waals surface area contributed by atoms with Crippen LogP contribution in [0.25, 0.3) is 11.0 Å². The fourth-order valence-corrected chi connectivity index (χ4v) is 3.15. The number of fused-ring (bicyclic) bond motifs is 1. The highest BCUT2D eigenvalue weighted by atomic mass is 32.1. The number of likely N-dealkylation sites (tertiary alicyclic amines) is 1. The van der Waals surface area contributed by atoms with Crippen LogP contribution < -0.4 is 4.74 Å². The summed E-state index contributed by atoms with van der Waals surface area (Å²) in [5, 5.41) is 0. The second kappa shape index (κ2) is 6.20. The zero-order chi connectivity index (χ0) is 18.3. The molecule has 0 bridgehead atoms. The van der Waals surface area contributed by atoms with E-state index in [0.29, 0.717) is 16.6 Å². The van der Waals surface area contributed by atoms with Crippen LogP contribution >= 0.6 is 11.7 Å². The maximum Gasteiger partial charge on any atom is 0.421 e.